The third kappa shape index (κ3) is 6.22. The summed E-state index contributed by atoms with van der Waals surface area (Å²) in [6.45, 7) is 3.29. The molecule has 1 aromatic carbocycles. The van der Waals surface area contributed by atoms with Crippen molar-refractivity contribution in [3.8, 4) is 0 Å². The van der Waals surface area contributed by atoms with Crippen LogP contribution in [0.5, 0.6) is 0 Å². The maximum Gasteiger partial charge on any atom is 0.240 e. The highest BCUT2D eigenvalue weighted by Crippen LogP contribution is 2.16. The third-order valence-corrected chi connectivity index (χ3v) is 5.51. The van der Waals surface area contributed by atoms with Crippen molar-refractivity contribution in [1.82, 2.24) is 15.4 Å². The van der Waals surface area contributed by atoms with Gasteiger partial charge in [0.1, 0.15) is 0 Å². The summed E-state index contributed by atoms with van der Waals surface area (Å²) < 4.78 is 26.6. The number of amides is 1. The Morgan fingerprint density at radius 2 is 2.12 bits per heavy atom. The van der Waals surface area contributed by atoms with Crippen molar-refractivity contribution in [3.63, 3.8) is 0 Å². The molecule has 0 spiro atoms. The van der Waals surface area contributed by atoms with Crippen LogP contribution in [0.4, 0.5) is 0 Å². The molecule has 0 aliphatic carbocycles. The Morgan fingerprint density at radius 3 is 2.79 bits per heavy atom. The first-order chi connectivity index (χ1) is 10.9. The zero-order chi connectivity index (χ0) is 16.9. The van der Waals surface area contributed by atoms with Gasteiger partial charge in [0.25, 0.3) is 0 Å². The summed E-state index contributed by atoms with van der Waals surface area (Å²) in [5, 5.41) is 6.45. The van der Waals surface area contributed by atoms with E-state index < -0.39 is 10.0 Å². The van der Waals surface area contributed by atoms with E-state index in [4.69, 9.17) is 11.6 Å². The van der Waals surface area contributed by atoms with Gasteiger partial charge in [-0.2, -0.15) is 0 Å². The van der Waals surface area contributed by atoms with Gasteiger partial charge in [-0.1, -0.05) is 17.7 Å². The van der Waals surface area contributed by atoms with Crippen molar-refractivity contribution in [2.24, 2.45) is 5.92 Å². The smallest absolute Gasteiger partial charge is 0.240 e. The van der Waals surface area contributed by atoms with Gasteiger partial charge in [-0.3, -0.25) is 4.79 Å². The second-order valence-electron chi connectivity index (χ2n) is 5.72. The number of halogens is 2. The van der Waals surface area contributed by atoms with Crippen LogP contribution in [0.25, 0.3) is 0 Å². The minimum Gasteiger partial charge on any atom is -0.355 e. The van der Waals surface area contributed by atoms with Crippen LogP contribution in [0.1, 0.15) is 19.8 Å². The molecule has 1 amide bonds. The SMILES string of the molecule is C[C@H]1C[C@@H](C(=O)NCCNS(=O)(=O)c2cccc(Cl)c2)CCN1.Cl. The average molecular weight is 396 g/mol. The van der Waals surface area contributed by atoms with Crippen LogP contribution in [0.3, 0.4) is 0 Å². The van der Waals surface area contributed by atoms with Crippen molar-refractivity contribution in [2.75, 3.05) is 19.6 Å². The van der Waals surface area contributed by atoms with Gasteiger partial charge < -0.3 is 10.6 Å². The number of carbonyl (C=O) groups excluding carboxylic acids is 1. The van der Waals surface area contributed by atoms with Gasteiger partial charge in [-0.15, -0.1) is 12.4 Å². The maximum absolute atomic E-state index is 12.1. The van der Waals surface area contributed by atoms with Crippen LogP contribution >= 0.6 is 24.0 Å². The molecule has 1 aliphatic rings. The fraction of sp³-hybridized carbons (Fsp3) is 0.533. The maximum atomic E-state index is 12.1. The zero-order valence-electron chi connectivity index (χ0n) is 13.4. The highest BCUT2D eigenvalue weighted by Gasteiger charge is 2.24. The highest BCUT2D eigenvalue weighted by molar-refractivity contribution is 7.89. The van der Waals surface area contributed by atoms with Crippen molar-refractivity contribution >= 4 is 39.9 Å². The lowest BCUT2D eigenvalue weighted by atomic mass is 9.92. The molecule has 1 saturated heterocycles. The summed E-state index contributed by atoms with van der Waals surface area (Å²) in [6, 6.07) is 6.39. The fourth-order valence-corrected chi connectivity index (χ4v) is 3.94. The molecule has 136 valence electrons. The largest absolute Gasteiger partial charge is 0.355 e. The number of hydrogen-bond acceptors (Lipinski definition) is 4. The summed E-state index contributed by atoms with van der Waals surface area (Å²) in [6.07, 6.45) is 1.62. The normalized spacial score (nSPS) is 20.9. The second kappa shape index (κ2) is 9.58. The molecule has 6 nitrogen and oxygen atoms in total. The molecule has 0 bridgehead atoms. The van der Waals surface area contributed by atoms with Gasteiger partial charge in [0.2, 0.25) is 15.9 Å². The predicted molar refractivity (Wildman–Crippen MR) is 97.1 cm³/mol. The molecule has 0 saturated carbocycles. The van der Waals surface area contributed by atoms with E-state index in [9.17, 15) is 13.2 Å². The van der Waals surface area contributed by atoms with E-state index in [-0.39, 0.29) is 42.2 Å². The topological polar surface area (TPSA) is 87.3 Å². The van der Waals surface area contributed by atoms with Crippen LogP contribution in [0.15, 0.2) is 29.2 Å². The molecule has 1 fully saturated rings. The van der Waals surface area contributed by atoms with Crippen LogP contribution in [0.2, 0.25) is 5.02 Å². The van der Waals surface area contributed by atoms with E-state index in [0.717, 1.165) is 19.4 Å². The molecule has 0 unspecified atom stereocenters. The number of rotatable bonds is 6. The summed E-state index contributed by atoms with van der Waals surface area (Å²) in [4.78, 5) is 12.2. The van der Waals surface area contributed by atoms with Gasteiger partial charge in [0.05, 0.1) is 4.90 Å². The number of hydrogen-bond donors (Lipinski definition) is 3. The molecular weight excluding hydrogens is 373 g/mol. The predicted octanol–water partition coefficient (Wildman–Crippen LogP) is 1.54. The molecule has 0 aromatic heterocycles. The minimum atomic E-state index is -3.61. The quantitative estimate of drug-likeness (QED) is 0.637. The van der Waals surface area contributed by atoms with E-state index in [2.05, 4.69) is 22.3 Å². The Morgan fingerprint density at radius 1 is 1.38 bits per heavy atom. The summed E-state index contributed by atoms with van der Waals surface area (Å²) in [5.74, 6) is -0.0175. The lowest BCUT2D eigenvalue weighted by molar-refractivity contribution is -0.126. The monoisotopic (exact) mass is 395 g/mol. The van der Waals surface area contributed by atoms with Crippen molar-refractivity contribution in [2.45, 2.75) is 30.7 Å². The Hall–Kier alpha value is -0.860. The van der Waals surface area contributed by atoms with Crippen LogP contribution in [-0.2, 0) is 14.8 Å². The molecule has 2 atom stereocenters. The number of sulfonamides is 1. The first-order valence-corrected chi connectivity index (χ1v) is 9.51. The first-order valence-electron chi connectivity index (χ1n) is 7.65. The fourth-order valence-electron chi connectivity index (χ4n) is 2.60. The van der Waals surface area contributed by atoms with Crippen LogP contribution < -0.4 is 15.4 Å². The highest BCUT2D eigenvalue weighted by atomic mass is 35.5. The van der Waals surface area contributed by atoms with Gasteiger partial charge >= 0.3 is 0 Å². The van der Waals surface area contributed by atoms with Crippen LogP contribution in [-0.4, -0.2) is 40.0 Å². The first kappa shape index (κ1) is 21.2. The van der Waals surface area contributed by atoms with E-state index in [1.54, 1.807) is 12.1 Å². The summed E-state index contributed by atoms with van der Waals surface area (Å²) in [5.41, 5.74) is 0. The Labute approximate surface area is 154 Å². The standard InChI is InChI=1S/C15H22ClN3O3S.ClH/c1-11-9-12(5-6-17-11)15(20)18-7-8-19-23(21,22)14-4-2-3-13(16)10-14;/h2-4,10-12,17,19H,5-9H2,1H3,(H,18,20);1H/t11-,12-;/m0./s1. The molecular formula is C15H23Cl2N3O3S. The van der Waals surface area contributed by atoms with Crippen molar-refractivity contribution < 1.29 is 13.2 Å². The van der Waals surface area contributed by atoms with Gasteiger partial charge in [0, 0.05) is 30.1 Å². The molecule has 2 rings (SSSR count). The molecule has 1 aliphatic heterocycles. The van der Waals surface area contributed by atoms with E-state index in [0.29, 0.717) is 11.1 Å². The van der Waals surface area contributed by atoms with Crippen molar-refractivity contribution in [3.05, 3.63) is 29.3 Å². The van der Waals surface area contributed by atoms with E-state index in [1.807, 2.05) is 0 Å². The Balaban J connectivity index is 0.00000288. The number of benzene rings is 1. The number of piperidine rings is 1. The van der Waals surface area contributed by atoms with E-state index >= 15 is 0 Å². The number of nitrogens with one attached hydrogen (secondary N) is 3. The minimum absolute atomic E-state index is 0. The van der Waals surface area contributed by atoms with E-state index in [1.165, 1.54) is 12.1 Å². The lowest BCUT2D eigenvalue weighted by Crippen LogP contribution is -2.44. The Kier molecular flexibility index (Phi) is 8.45. The molecule has 24 heavy (non-hydrogen) atoms. The second-order valence-corrected chi connectivity index (χ2v) is 7.93. The van der Waals surface area contributed by atoms with Gasteiger partial charge in [-0.25, -0.2) is 13.1 Å². The van der Waals surface area contributed by atoms with Crippen LogP contribution in [0, 0.1) is 5.92 Å². The lowest BCUT2D eigenvalue weighted by Gasteiger charge is -2.27. The third-order valence-electron chi connectivity index (χ3n) is 3.82. The van der Waals surface area contributed by atoms with Crippen molar-refractivity contribution in [1.29, 1.82) is 0 Å². The summed E-state index contributed by atoms with van der Waals surface area (Å²) >= 11 is 5.80. The summed E-state index contributed by atoms with van der Waals surface area (Å²) in [7, 11) is -3.61. The van der Waals surface area contributed by atoms with Gasteiger partial charge in [0.15, 0.2) is 0 Å². The average Bonchev–Trinajstić information content (AvgIpc) is 2.51. The molecule has 3 N–H and O–H groups in total. The van der Waals surface area contributed by atoms with Gasteiger partial charge in [-0.05, 0) is 44.5 Å². The molecule has 1 aromatic rings. The number of carbonyl (C=O) groups is 1. The Bertz CT molecular complexity index is 655. The molecule has 1 heterocycles. The molecule has 9 heteroatoms. The molecule has 0 radical (unpaired) electrons. The zero-order valence-corrected chi connectivity index (χ0v) is 15.8.